The summed E-state index contributed by atoms with van der Waals surface area (Å²) >= 11 is 6.73. The molecule has 0 saturated heterocycles. The van der Waals surface area contributed by atoms with Crippen molar-refractivity contribution in [3.05, 3.63) is 49.9 Å². The summed E-state index contributed by atoms with van der Waals surface area (Å²) in [5.41, 5.74) is 2.40. The second kappa shape index (κ2) is 8.24. The monoisotopic (exact) mass is 393 g/mol. The summed E-state index contributed by atoms with van der Waals surface area (Å²) in [6.45, 7) is 5.55. The second-order valence-electron chi connectivity index (χ2n) is 5.47. The van der Waals surface area contributed by atoms with E-state index in [2.05, 4.69) is 10.6 Å². The number of hydrogen-bond acceptors (Lipinski definition) is 6. The number of ether oxygens (including phenoxy) is 1. The Morgan fingerprint density at radius 3 is 2.62 bits per heavy atom. The fraction of sp³-hybridized carbons (Fsp3) is 0.294. The first-order valence-electron chi connectivity index (χ1n) is 7.82. The van der Waals surface area contributed by atoms with Crippen molar-refractivity contribution in [2.24, 2.45) is 0 Å². The van der Waals surface area contributed by atoms with Crippen molar-refractivity contribution < 1.29 is 14.5 Å². The lowest BCUT2D eigenvalue weighted by molar-refractivity contribution is -0.385. The van der Waals surface area contributed by atoms with Gasteiger partial charge < -0.3 is 15.4 Å². The van der Waals surface area contributed by atoms with Crippen LogP contribution in [0.4, 0.5) is 16.4 Å². The third-order valence-electron chi connectivity index (χ3n) is 3.93. The number of nitrogens with zero attached hydrogens (tertiary/aromatic N) is 1. The van der Waals surface area contributed by atoms with Gasteiger partial charge in [0.1, 0.15) is 5.00 Å². The number of anilines is 2. The molecule has 0 amide bonds. The number of methoxy groups -OCH3 is 1. The lowest BCUT2D eigenvalue weighted by atomic mass is 10.1. The van der Waals surface area contributed by atoms with Crippen LogP contribution < -0.4 is 10.6 Å². The van der Waals surface area contributed by atoms with Crippen molar-refractivity contribution in [3.63, 3.8) is 0 Å². The number of thiophene rings is 1. The average molecular weight is 393 g/mol. The number of rotatable bonds is 5. The molecule has 0 atom stereocenters. The Bertz CT molecular complexity index is 877. The molecule has 7 nitrogen and oxygen atoms in total. The first-order valence-corrected chi connectivity index (χ1v) is 9.05. The summed E-state index contributed by atoms with van der Waals surface area (Å²) in [6, 6.07) is 4.72. The highest BCUT2D eigenvalue weighted by molar-refractivity contribution is 7.80. The fourth-order valence-electron chi connectivity index (χ4n) is 2.62. The van der Waals surface area contributed by atoms with Crippen LogP contribution >= 0.6 is 23.6 Å². The molecule has 1 aromatic heterocycles. The van der Waals surface area contributed by atoms with Crippen LogP contribution in [0.15, 0.2) is 18.2 Å². The molecule has 0 radical (unpaired) electrons. The number of aryl methyl sites for hydroxylation is 1. The third-order valence-corrected chi connectivity index (χ3v) is 5.20. The minimum Gasteiger partial charge on any atom is -0.465 e. The predicted octanol–water partition coefficient (Wildman–Crippen LogP) is 4.43. The molecule has 9 heteroatoms. The molecule has 0 saturated carbocycles. The van der Waals surface area contributed by atoms with Crippen molar-refractivity contribution in [1.29, 1.82) is 0 Å². The maximum atomic E-state index is 12.1. The van der Waals surface area contributed by atoms with Crippen molar-refractivity contribution in [1.82, 2.24) is 0 Å². The topological polar surface area (TPSA) is 93.5 Å². The third kappa shape index (κ3) is 4.00. The van der Waals surface area contributed by atoms with E-state index in [4.69, 9.17) is 17.0 Å². The Morgan fingerprint density at radius 2 is 2.04 bits per heavy atom. The molecule has 138 valence electrons. The molecule has 0 bridgehead atoms. The van der Waals surface area contributed by atoms with E-state index in [0.29, 0.717) is 28.2 Å². The van der Waals surface area contributed by atoms with Gasteiger partial charge in [0, 0.05) is 10.9 Å². The number of esters is 1. The smallest absolute Gasteiger partial charge is 0.341 e. The number of hydrogen-bond donors (Lipinski definition) is 2. The standard InChI is InChI=1S/C17H19N3O4S2/c1-5-11-10(3)26-15(14(11)16(21)24-4)19-17(25)18-12-7-6-8-13(9(12)2)20(22)23/h6-8H,5H2,1-4H3,(H2,18,19,25). The Morgan fingerprint density at radius 1 is 1.35 bits per heavy atom. The van der Waals surface area contributed by atoms with Gasteiger partial charge in [-0.1, -0.05) is 13.0 Å². The van der Waals surface area contributed by atoms with Gasteiger partial charge in [-0.25, -0.2) is 4.79 Å². The average Bonchev–Trinajstić information content (AvgIpc) is 2.90. The maximum Gasteiger partial charge on any atom is 0.341 e. The van der Waals surface area contributed by atoms with Gasteiger partial charge in [0.05, 0.1) is 28.8 Å². The van der Waals surface area contributed by atoms with Crippen LogP contribution in [0.5, 0.6) is 0 Å². The van der Waals surface area contributed by atoms with Crippen LogP contribution in [0.2, 0.25) is 0 Å². The summed E-state index contributed by atoms with van der Waals surface area (Å²) in [7, 11) is 1.33. The molecule has 2 aromatic rings. The summed E-state index contributed by atoms with van der Waals surface area (Å²) in [5.74, 6) is -0.428. The zero-order valence-electron chi connectivity index (χ0n) is 14.8. The summed E-state index contributed by atoms with van der Waals surface area (Å²) in [5, 5.41) is 17.9. The molecule has 0 spiro atoms. The molecule has 0 fully saturated rings. The largest absolute Gasteiger partial charge is 0.465 e. The summed E-state index contributed by atoms with van der Waals surface area (Å²) < 4.78 is 4.88. The highest BCUT2D eigenvalue weighted by atomic mass is 32.1. The highest BCUT2D eigenvalue weighted by Gasteiger charge is 2.22. The Kier molecular flexibility index (Phi) is 6.27. The lowest BCUT2D eigenvalue weighted by Gasteiger charge is -2.12. The van der Waals surface area contributed by atoms with Crippen LogP contribution in [0.3, 0.4) is 0 Å². The highest BCUT2D eigenvalue weighted by Crippen LogP contribution is 2.34. The Labute approximate surface area is 160 Å². The lowest BCUT2D eigenvalue weighted by Crippen LogP contribution is -2.21. The van der Waals surface area contributed by atoms with E-state index in [1.807, 2.05) is 13.8 Å². The van der Waals surface area contributed by atoms with Gasteiger partial charge in [-0.3, -0.25) is 10.1 Å². The second-order valence-corrected chi connectivity index (χ2v) is 7.10. The van der Waals surface area contributed by atoms with Gasteiger partial charge in [-0.05, 0) is 44.1 Å². The van der Waals surface area contributed by atoms with E-state index in [-0.39, 0.29) is 10.8 Å². The number of benzene rings is 1. The Hall–Kier alpha value is -2.52. The minimum absolute atomic E-state index is 0.00767. The van der Waals surface area contributed by atoms with E-state index >= 15 is 0 Å². The van der Waals surface area contributed by atoms with Gasteiger partial charge in [-0.15, -0.1) is 11.3 Å². The summed E-state index contributed by atoms with van der Waals surface area (Å²) in [4.78, 5) is 23.8. The molecule has 1 heterocycles. The first kappa shape index (κ1) is 19.8. The van der Waals surface area contributed by atoms with Crippen LogP contribution in [0, 0.1) is 24.0 Å². The minimum atomic E-state index is -0.442. The Balaban J connectivity index is 2.28. The van der Waals surface area contributed by atoms with Crippen LogP contribution in [-0.4, -0.2) is 23.1 Å². The molecular formula is C17H19N3O4S2. The normalized spacial score (nSPS) is 10.3. The van der Waals surface area contributed by atoms with Gasteiger partial charge in [0.2, 0.25) is 0 Å². The molecule has 0 aliphatic heterocycles. The predicted molar refractivity (Wildman–Crippen MR) is 107 cm³/mol. The van der Waals surface area contributed by atoms with E-state index in [0.717, 1.165) is 10.4 Å². The van der Waals surface area contributed by atoms with Gasteiger partial charge in [0.15, 0.2) is 5.11 Å². The van der Waals surface area contributed by atoms with Crippen molar-refractivity contribution in [2.45, 2.75) is 27.2 Å². The molecule has 2 rings (SSSR count). The van der Waals surface area contributed by atoms with Gasteiger partial charge >= 0.3 is 5.97 Å². The molecule has 0 unspecified atom stereocenters. The van der Waals surface area contributed by atoms with Crippen LogP contribution in [-0.2, 0) is 11.2 Å². The number of nitro groups is 1. The van der Waals surface area contributed by atoms with Crippen LogP contribution in [0.1, 0.15) is 33.3 Å². The molecule has 0 aliphatic carbocycles. The maximum absolute atomic E-state index is 12.1. The van der Waals surface area contributed by atoms with Gasteiger partial charge in [0.25, 0.3) is 5.69 Å². The quantitative estimate of drug-likeness (QED) is 0.336. The molecule has 1 aromatic carbocycles. The van der Waals surface area contributed by atoms with E-state index in [1.165, 1.54) is 24.5 Å². The number of thiocarbonyl (C=S) groups is 1. The zero-order chi connectivity index (χ0) is 19.4. The van der Waals surface area contributed by atoms with Crippen molar-refractivity contribution >= 4 is 51.0 Å². The van der Waals surface area contributed by atoms with Crippen molar-refractivity contribution in [3.8, 4) is 0 Å². The molecule has 2 N–H and O–H groups in total. The fourth-order valence-corrected chi connectivity index (χ4v) is 4.04. The zero-order valence-corrected chi connectivity index (χ0v) is 16.5. The summed E-state index contributed by atoms with van der Waals surface area (Å²) in [6.07, 6.45) is 0.693. The number of carbonyl (C=O) groups is 1. The molecule has 0 aliphatic rings. The van der Waals surface area contributed by atoms with E-state index in [9.17, 15) is 14.9 Å². The number of carbonyl (C=O) groups excluding carboxylic acids is 1. The van der Waals surface area contributed by atoms with E-state index in [1.54, 1.807) is 19.1 Å². The molecular weight excluding hydrogens is 374 g/mol. The first-order chi connectivity index (χ1) is 12.3. The number of nitro benzene ring substituents is 1. The van der Waals surface area contributed by atoms with E-state index < -0.39 is 10.9 Å². The SMILES string of the molecule is CCc1c(C)sc(NC(=S)Nc2cccc([N+](=O)[O-])c2C)c1C(=O)OC. The van der Waals surface area contributed by atoms with Gasteiger partial charge in [-0.2, -0.15) is 0 Å². The molecule has 26 heavy (non-hydrogen) atoms. The van der Waals surface area contributed by atoms with Crippen molar-refractivity contribution in [2.75, 3.05) is 17.7 Å². The number of nitrogens with one attached hydrogen (secondary N) is 2. The van der Waals surface area contributed by atoms with Crippen LogP contribution in [0.25, 0.3) is 0 Å².